The average Bonchev–Trinajstić information content (AvgIpc) is 3.84. The Bertz CT molecular complexity index is 1700. The smallest absolute Gasteiger partial charge is 0.243 e. The molecule has 17 nitrogen and oxygen atoms in total. The predicted octanol–water partition coefficient (Wildman–Crippen LogP) is 2.25. The van der Waals surface area contributed by atoms with Gasteiger partial charge in [-0.25, -0.2) is 38.7 Å². The summed E-state index contributed by atoms with van der Waals surface area (Å²) in [5, 5.41) is 25.7. The molecule has 4 aromatic heterocycles. The molecular weight excluding hydrogens is 704 g/mol. The maximum absolute atomic E-state index is 15.2. The van der Waals surface area contributed by atoms with Gasteiger partial charge in [0, 0.05) is 13.1 Å². The number of hydrogen-bond acceptors (Lipinski definition) is 16. The van der Waals surface area contributed by atoms with Crippen molar-refractivity contribution in [2.45, 2.75) is 62.1 Å². The second-order valence-electron chi connectivity index (χ2n) is 10.6. The van der Waals surface area contributed by atoms with E-state index in [4.69, 9.17) is 18.5 Å². The number of rotatable bonds is 15. The van der Waals surface area contributed by atoms with Crippen molar-refractivity contribution in [2.75, 3.05) is 36.9 Å². The monoisotopic (exact) mass is 736 g/mol. The fourth-order valence-corrected chi connectivity index (χ4v) is 7.24. The molecule has 2 aliphatic rings. The molecule has 6 rings (SSSR count). The van der Waals surface area contributed by atoms with Gasteiger partial charge in [0.05, 0.1) is 33.9 Å². The standard InChI is InChI=1S/C24H32F2N10O7P2S2/c25-13-17(42-44-46)11(5-37)40-23(13)35-9-33-15-19(29-7-31-21(15)35)27-3-1-2-4-28-20-16-22(32-8-30-20)36(10-34-16)24-14(26)18(43-45(39)47)12(6-38)41-24/h7-14,17-18,23-24,37-38,44-46H,1-6H2,(H,39,47)(H,27,29,31)(H,28,30,32)/t11-,12-,13-,14-,17-,18-,23?,24-/m1/s1. The Morgan fingerprint density at radius 2 is 1.34 bits per heavy atom. The van der Waals surface area contributed by atoms with E-state index >= 15 is 8.78 Å². The molecule has 3 unspecified atom stereocenters. The molecule has 47 heavy (non-hydrogen) atoms. The second-order valence-corrected chi connectivity index (χ2v) is 13.4. The van der Waals surface area contributed by atoms with Crippen molar-refractivity contribution < 1.29 is 42.1 Å². The van der Waals surface area contributed by atoms with E-state index in [0.29, 0.717) is 47.1 Å². The third-order valence-corrected chi connectivity index (χ3v) is 9.26. The number of fused-ring (bicyclic) bond motifs is 2. The molecule has 4 aromatic rings. The first kappa shape index (κ1) is 34.5. The molecular formula is C24H32F2N10O7P2S2. The lowest BCUT2D eigenvalue weighted by Crippen LogP contribution is -2.31. The van der Waals surface area contributed by atoms with Crippen molar-refractivity contribution in [2.24, 2.45) is 0 Å². The van der Waals surface area contributed by atoms with Gasteiger partial charge in [0.2, 0.25) is 7.23 Å². The van der Waals surface area contributed by atoms with E-state index in [9.17, 15) is 14.8 Å². The highest BCUT2D eigenvalue weighted by Crippen LogP contribution is 2.42. The van der Waals surface area contributed by atoms with Crippen LogP contribution in [0.25, 0.3) is 22.3 Å². The van der Waals surface area contributed by atoms with Crippen LogP contribution in [0.3, 0.4) is 0 Å². The van der Waals surface area contributed by atoms with Crippen molar-refractivity contribution in [3.8, 4) is 0 Å². The van der Waals surface area contributed by atoms with Crippen LogP contribution in [0.4, 0.5) is 20.4 Å². The number of unbranched alkanes of at least 4 members (excludes halogenated alkanes) is 1. The minimum Gasteiger partial charge on any atom is -0.394 e. The summed E-state index contributed by atoms with van der Waals surface area (Å²) in [4.78, 5) is 25.8. The number of nitrogens with one attached hydrogen (secondary N) is 2. The second kappa shape index (κ2) is 15.5. The molecule has 6 heterocycles. The lowest BCUT2D eigenvalue weighted by molar-refractivity contribution is -0.0427. The molecule has 0 aromatic carbocycles. The largest absolute Gasteiger partial charge is 0.394 e. The maximum atomic E-state index is 15.2. The summed E-state index contributed by atoms with van der Waals surface area (Å²) in [6.07, 6.45) is -2.85. The van der Waals surface area contributed by atoms with E-state index in [1.54, 1.807) is 0 Å². The lowest BCUT2D eigenvalue weighted by Gasteiger charge is -2.16. The summed E-state index contributed by atoms with van der Waals surface area (Å²) in [5.74, 6) is 0.913. The highest BCUT2D eigenvalue weighted by atomic mass is 32.7. The number of hydrogen-bond donors (Lipinski definition) is 6. The summed E-state index contributed by atoms with van der Waals surface area (Å²) < 4.78 is 66.6. The highest BCUT2D eigenvalue weighted by Gasteiger charge is 2.48. The topological polar surface area (TPSA) is 206 Å². The Morgan fingerprint density at radius 1 is 0.851 bits per heavy atom. The number of alkyl halides is 2. The summed E-state index contributed by atoms with van der Waals surface area (Å²) in [6, 6.07) is 0. The van der Waals surface area contributed by atoms with Gasteiger partial charge in [-0.1, -0.05) is 12.2 Å². The van der Waals surface area contributed by atoms with E-state index < -0.39 is 69.7 Å². The van der Waals surface area contributed by atoms with Crippen LogP contribution in [0, 0.1) is 0 Å². The summed E-state index contributed by atoms with van der Waals surface area (Å²) >= 11 is 7.74. The number of aliphatic hydroxyl groups is 2. The quantitative estimate of drug-likeness (QED) is 0.0588. The average molecular weight is 737 g/mol. The van der Waals surface area contributed by atoms with E-state index in [2.05, 4.69) is 65.0 Å². The van der Waals surface area contributed by atoms with Crippen LogP contribution in [0.5, 0.6) is 0 Å². The van der Waals surface area contributed by atoms with E-state index in [1.165, 1.54) is 34.4 Å². The molecule has 2 saturated heterocycles. The molecule has 23 heteroatoms. The van der Waals surface area contributed by atoms with Crippen molar-refractivity contribution in [1.82, 2.24) is 39.0 Å². The number of aliphatic hydroxyl groups excluding tert-OH is 2. The Hall–Kier alpha value is -2.32. The number of imidazole rings is 2. The normalized spacial score (nSPS) is 28.6. The van der Waals surface area contributed by atoms with Crippen LogP contribution in [0.2, 0.25) is 0 Å². The fraction of sp³-hybridized carbons (Fsp3) is 0.583. The van der Waals surface area contributed by atoms with Gasteiger partial charge in [0.25, 0.3) is 0 Å². The molecule has 0 saturated carbocycles. The molecule has 2 aliphatic heterocycles. The zero-order chi connectivity index (χ0) is 33.1. The molecule has 256 valence electrons. The van der Waals surface area contributed by atoms with Crippen molar-refractivity contribution >= 4 is 73.7 Å². The fourth-order valence-electron chi connectivity index (χ4n) is 5.59. The van der Waals surface area contributed by atoms with Crippen LogP contribution in [0.15, 0.2) is 25.3 Å². The first-order valence-electron chi connectivity index (χ1n) is 14.4. The van der Waals surface area contributed by atoms with Crippen LogP contribution in [-0.4, -0.2) is 112 Å². The number of ether oxygens (including phenoxy) is 2. The van der Waals surface area contributed by atoms with Gasteiger partial charge in [0.1, 0.15) is 37.1 Å². The lowest BCUT2D eigenvalue weighted by atomic mass is 10.1. The van der Waals surface area contributed by atoms with Gasteiger partial charge in [-0.15, -0.1) is 12.2 Å². The van der Waals surface area contributed by atoms with Gasteiger partial charge in [-0.05, 0) is 12.8 Å². The summed E-state index contributed by atoms with van der Waals surface area (Å²) in [5.41, 5.74) is 1.50. The zero-order valence-corrected chi connectivity index (χ0v) is 28.1. The van der Waals surface area contributed by atoms with Crippen molar-refractivity contribution in [1.29, 1.82) is 0 Å². The Kier molecular flexibility index (Phi) is 11.4. The Balaban J connectivity index is 1.04. The minimum atomic E-state index is -2.78. The Labute approximate surface area is 278 Å². The van der Waals surface area contributed by atoms with Crippen LogP contribution in [-0.2, 0) is 23.1 Å². The van der Waals surface area contributed by atoms with Gasteiger partial charge in [-0.3, -0.25) is 13.7 Å². The van der Waals surface area contributed by atoms with Gasteiger partial charge < -0.3 is 39.4 Å². The molecule has 0 radical (unpaired) electrons. The molecule has 2 fully saturated rings. The third-order valence-electron chi connectivity index (χ3n) is 7.77. The predicted molar refractivity (Wildman–Crippen MR) is 174 cm³/mol. The molecule has 0 aliphatic carbocycles. The third kappa shape index (κ3) is 7.06. The minimum absolute atomic E-state index is 0.264. The van der Waals surface area contributed by atoms with Gasteiger partial charge >= 0.3 is 0 Å². The Morgan fingerprint density at radius 3 is 1.81 bits per heavy atom. The van der Waals surface area contributed by atoms with Crippen molar-refractivity contribution in [3.63, 3.8) is 0 Å². The molecule has 10 atom stereocenters. The van der Waals surface area contributed by atoms with E-state index in [-0.39, 0.29) is 8.01 Å². The maximum Gasteiger partial charge on any atom is 0.243 e. The highest BCUT2D eigenvalue weighted by molar-refractivity contribution is 8.39. The van der Waals surface area contributed by atoms with Crippen LogP contribution < -0.4 is 10.6 Å². The number of aromatic nitrogens is 8. The van der Waals surface area contributed by atoms with Gasteiger partial charge in [-0.2, -0.15) is 0 Å². The number of thiol groups is 2. The SMILES string of the molecule is O=[PH](S)O[C@H]1[C@@H](F)[C@H](n2cnc3c(NCCCCNc4ncnc5c4ncn5C4O[C@H](CO)[C@@H](OPS)[C@H]4F)ncnc32)O[C@@H]1CO. The van der Waals surface area contributed by atoms with Gasteiger partial charge in [0.15, 0.2) is 58.8 Å². The first-order chi connectivity index (χ1) is 22.9. The van der Waals surface area contributed by atoms with Crippen molar-refractivity contribution in [3.05, 3.63) is 25.3 Å². The zero-order valence-electron chi connectivity index (χ0n) is 24.3. The molecule has 0 spiro atoms. The molecule has 0 bridgehead atoms. The van der Waals surface area contributed by atoms with Crippen LogP contribution in [0.1, 0.15) is 25.3 Å². The summed E-state index contributed by atoms with van der Waals surface area (Å²) in [7, 11) is -3.04. The van der Waals surface area contributed by atoms with E-state index in [0.717, 1.165) is 12.8 Å². The first-order valence-corrected chi connectivity index (χ1v) is 19.2. The van der Waals surface area contributed by atoms with E-state index in [1.807, 2.05) is 0 Å². The molecule has 0 amide bonds. The number of anilines is 2. The number of nitrogens with zero attached hydrogens (tertiary/aromatic N) is 8. The number of halogens is 2. The summed E-state index contributed by atoms with van der Waals surface area (Å²) in [6.45, 7) is 0.120. The molecule has 4 N–H and O–H groups in total. The van der Waals surface area contributed by atoms with Crippen LogP contribution >= 0.6 is 39.7 Å².